The molecular weight excluding hydrogens is 152 g/mol. The molecule has 1 heterocycles. The standard InChI is InChI=1S/C10H20O2/c1-5-10(4)7-6-8(11)9(2,3)12-10/h8,11H,5-7H2,1-4H3. The van der Waals surface area contributed by atoms with Gasteiger partial charge in [-0.3, -0.25) is 0 Å². The fraction of sp³-hybridized carbons (Fsp3) is 1.00. The number of ether oxygens (including phenoxy) is 1. The van der Waals surface area contributed by atoms with Crippen LogP contribution >= 0.6 is 0 Å². The number of rotatable bonds is 1. The maximum atomic E-state index is 9.64. The lowest BCUT2D eigenvalue weighted by atomic mass is 9.84. The van der Waals surface area contributed by atoms with E-state index in [2.05, 4.69) is 13.8 Å². The summed E-state index contributed by atoms with van der Waals surface area (Å²) in [6, 6.07) is 0. The average molecular weight is 172 g/mol. The molecule has 0 aromatic rings. The fourth-order valence-corrected chi connectivity index (χ4v) is 1.79. The van der Waals surface area contributed by atoms with Gasteiger partial charge < -0.3 is 9.84 Å². The highest BCUT2D eigenvalue weighted by molar-refractivity contribution is 4.91. The van der Waals surface area contributed by atoms with Gasteiger partial charge in [0.1, 0.15) is 0 Å². The normalized spacial score (nSPS) is 41.2. The van der Waals surface area contributed by atoms with Crippen molar-refractivity contribution in [3.05, 3.63) is 0 Å². The zero-order chi connectivity index (χ0) is 9.41. The first kappa shape index (κ1) is 10.0. The molecule has 2 unspecified atom stereocenters. The van der Waals surface area contributed by atoms with Gasteiger partial charge in [0.05, 0.1) is 17.3 Å². The van der Waals surface area contributed by atoms with E-state index in [4.69, 9.17) is 4.74 Å². The molecule has 12 heavy (non-hydrogen) atoms. The van der Waals surface area contributed by atoms with Gasteiger partial charge in [-0.25, -0.2) is 0 Å². The lowest BCUT2D eigenvalue weighted by Crippen LogP contribution is -2.51. The first-order chi connectivity index (χ1) is 5.40. The average Bonchev–Trinajstić information content (AvgIpc) is 1.97. The molecule has 0 amide bonds. The first-order valence-corrected chi connectivity index (χ1v) is 4.78. The van der Waals surface area contributed by atoms with E-state index < -0.39 is 0 Å². The Kier molecular flexibility index (Phi) is 2.50. The van der Waals surface area contributed by atoms with Gasteiger partial charge in [0, 0.05) is 0 Å². The van der Waals surface area contributed by atoms with E-state index in [9.17, 15) is 5.11 Å². The summed E-state index contributed by atoms with van der Waals surface area (Å²) in [7, 11) is 0. The van der Waals surface area contributed by atoms with Crippen molar-refractivity contribution in [2.24, 2.45) is 0 Å². The van der Waals surface area contributed by atoms with Crippen molar-refractivity contribution in [3.8, 4) is 0 Å². The monoisotopic (exact) mass is 172 g/mol. The van der Waals surface area contributed by atoms with Gasteiger partial charge in [0.2, 0.25) is 0 Å². The van der Waals surface area contributed by atoms with Gasteiger partial charge in [0.25, 0.3) is 0 Å². The van der Waals surface area contributed by atoms with Crippen molar-refractivity contribution in [2.75, 3.05) is 0 Å². The molecular formula is C10H20O2. The van der Waals surface area contributed by atoms with Gasteiger partial charge in [-0.2, -0.15) is 0 Å². The molecule has 0 aromatic heterocycles. The van der Waals surface area contributed by atoms with Crippen LogP contribution in [0.3, 0.4) is 0 Å². The molecule has 1 rings (SSSR count). The van der Waals surface area contributed by atoms with E-state index in [0.717, 1.165) is 19.3 Å². The lowest BCUT2D eigenvalue weighted by Gasteiger charge is -2.46. The van der Waals surface area contributed by atoms with Crippen molar-refractivity contribution in [1.29, 1.82) is 0 Å². The Morgan fingerprint density at radius 1 is 1.42 bits per heavy atom. The quantitative estimate of drug-likeness (QED) is 0.656. The van der Waals surface area contributed by atoms with Gasteiger partial charge >= 0.3 is 0 Å². The van der Waals surface area contributed by atoms with Gasteiger partial charge in [0.15, 0.2) is 0 Å². The summed E-state index contributed by atoms with van der Waals surface area (Å²) in [5.74, 6) is 0. The third-order valence-electron chi connectivity index (χ3n) is 3.01. The minimum atomic E-state index is -0.372. The topological polar surface area (TPSA) is 29.5 Å². The van der Waals surface area contributed by atoms with E-state index in [1.165, 1.54) is 0 Å². The predicted molar refractivity (Wildman–Crippen MR) is 49.1 cm³/mol. The number of aliphatic hydroxyl groups excluding tert-OH is 1. The molecule has 1 fully saturated rings. The third kappa shape index (κ3) is 1.80. The maximum absolute atomic E-state index is 9.64. The Morgan fingerprint density at radius 2 is 2.00 bits per heavy atom. The molecule has 0 spiro atoms. The molecule has 72 valence electrons. The summed E-state index contributed by atoms with van der Waals surface area (Å²) in [5, 5.41) is 9.64. The predicted octanol–water partition coefficient (Wildman–Crippen LogP) is 2.10. The van der Waals surface area contributed by atoms with E-state index in [0.29, 0.717) is 0 Å². The minimum absolute atomic E-state index is 0.0251. The molecule has 2 heteroatoms. The second-order valence-electron chi connectivity index (χ2n) is 4.56. The van der Waals surface area contributed by atoms with Crippen LogP contribution in [0.25, 0.3) is 0 Å². The Hall–Kier alpha value is -0.0800. The Morgan fingerprint density at radius 3 is 2.42 bits per heavy atom. The molecule has 0 bridgehead atoms. The Balaban J connectivity index is 2.68. The van der Waals surface area contributed by atoms with Crippen LogP contribution < -0.4 is 0 Å². The summed E-state index contributed by atoms with van der Waals surface area (Å²) in [6.45, 7) is 8.18. The fourth-order valence-electron chi connectivity index (χ4n) is 1.79. The smallest absolute Gasteiger partial charge is 0.0891 e. The maximum Gasteiger partial charge on any atom is 0.0891 e. The summed E-state index contributed by atoms with van der Waals surface area (Å²) in [5.41, 5.74) is -0.397. The van der Waals surface area contributed by atoms with Gasteiger partial charge in [-0.1, -0.05) is 6.92 Å². The second kappa shape index (κ2) is 3.00. The van der Waals surface area contributed by atoms with E-state index in [-0.39, 0.29) is 17.3 Å². The Bertz CT molecular complexity index is 162. The van der Waals surface area contributed by atoms with Crippen LogP contribution in [0.5, 0.6) is 0 Å². The molecule has 0 radical (unpaired) electrons. The Labute approximate surface area is 74.9 Å². The number of hydrogen-bond donors (Lipinski definition) is 1. The zero-order valence-electron chi connectivity index (χ0n) is 8.55. The van der Waals surface area contributed by atoms with E-state index in [1.807, 2.05) is 13.8 Å². The van der Waals surface area contributed by atoms with Crippen LogP contribution in [-0.2, 0) is 4.74 Å². The molecule has 2 atom stereocenters. The lowest BCUT2D eigenvalue weighted by molar-refractivity contribution is -0.214. The largest absolute Gasteiger partial charge is 0.390 e. The van der Waals surface area contributed by atoms with Crippen LogP contribution in [-0.4, -0.2) is 22.4 Å². The molecule has 2 nitrogen and oxygen atoms in total. The minimum Gasteiger partial charge on any atom is -0.390 e. The van der Waals surface area contributed by atoms with Crippen LogP contribution in [0.2, 0.25) is 0 Å². The highest BCUT2D eigenvalue weighted by Gasteiger charge is 2.41. The van der Waals surface area contributed by atoms with Gasteiger partial charge in [-0.05, 0) is 40.0 Å². The zero-order valence-corrected chi connectivity index (χ0v) is 8.55. The van der Waals surface area contributed by atoms with Crippen LogP contribution in [0.1, 0.15) is 47.0 Å². The summed E-state index contributed by atoms with van der Waals surface area (Å²) in [4.78, 5) is 0. The summed E-state index contributed by atoms with van der Waals surface area (Å²) in [6.07, 6.45) is 2.53. The summed E-state index contributed by atoms with van der Waals surface area (Å²) >= 11 is 0. The molecule has 0 aromatic carbocycles. The molecule has 1 saturated heterocycles. The van der Waals surface area contributed by atoms with Crippen LogP contribution in [0.15, 0.2) is 0 Å². The molecule has 1 N–H and O–H groups in total. The summed E-state index contributed by atoms with van der Waals surface area (Å²) < 4.78 is 5.87. The molecule has 1 aliphatic rings. The van der Waals surface area contributed by atoms with Crippen LogP contribution in [0, 0.1) is 0 Å². The van der Waals surface area contributed by atoms with E-state index >= 15 is 0 Å². The van der Waals surface area contributed by atoms with Crippen molar-refractivity contribution in [1.82, 2.24) is 0 Å². The van der Waals surface area contributed by atoms with Crippen molar-refractivity contribution in [3.63, 3.8) is 0 Å². The third-order valence-corrected chi connectivity index (χ3v) is 3.01. The molecule has 0 saturated carbocycles. The number of hydrogen-bond acceptors (Lipinski definition) is 2. The van der Waals surface area contributed by atoms with Crippen molar-refractivity contribution in [2.45, 2.75) is 64.3 Å². The van der Waals surface area contributed by atoms with Gasteiger partial charge in [-0.15, -0.1) is 0 Å². The molecule has 0 aliphatic carbocycles. The number of aliphatic hydroxyl groups is 1. The second-order valence-corrected chi connectivity index (χ2v) is 4.56. The van der Waals surface area contributed by atoms with Crippen molar-refractivity contribution >= 4 is 0 Å². The first-order valence-electron chi connectivity index (χ1n) is 4.78. The van der Waals surface area contributed by atoms with E-state index in [1.54, 1.807) is 0 Å². The molecule has 1 aliphatic heterocycles. The highest BCUT2D eigenvalue weighted by Crippen LogP contribution is 2.36. The van der Waals surface area contributed by atoms with Crippen LogP contribution in [0.4, 0.5) is 0 Å². The SMILES string of the molecule is CCC1(C)CCC(O)C(C)(C)O1. The van der Waals surface area contributed by atoms with Crippen molar-refractivity contribution < 1.29 is 9.84 Å². The highest BCUT2D eigenvalue weighted by atomic mass is 16.5.